The van der Waals surface area contributed by atoms with Crippen LogP contribution in [-0.2, 0) is 20.1 Å². The van der Waals surface area contributed by atoms with Crippen LogP contribution < -0.4 is 16.0 Å². The lowest BCUT2D eigenvalue weighted by Crippen LogP contribution is -2.30. The molecule has 1 aliphatic heterocycles. The summed E-state index contributed by atoms with van der Waals surface area (Å²) in [5.74, 6) is 0. The lowest BCUT2D eigenvalue weighted by Gasteiger charge is -2.17. The number of nitrogens with zero attached hydrogens (tertiary/aromatic N) is 3. The molecule has 0 radical (unpaired) electrons. The van der Waals surface area contributed by atoms with E-state index in [1.54, 1.807) is 9.58 Å². The number of urea groups is 2. The Morgan fingerprint density at radius 1 is 1.13 bits per heavy atom. The van der Waals surface area contributed by atoms with Gasteiger partial charge < -0.3 is 20.9 Å². The van der Waals surface area contributed by atoms with Gasteiger partial charge in [-0.25, -0.2) is 9.59 Å². The number of nitrogens with one attached hydrogen (secondary N) is 3. The van der Waals surface area contributed by atoms with Crippen LogP contribution in [-0.4, -0.2) is 39.8 Å². The van der Waals surface area contributed by atoms with Gasteiger partial charge in [-0.05, 0) is 22.8 Å². The van der Waals surface area contributed by atoms with Gasteiger partial charge in [0.05, 0.1) is 6.20 Å². The Morgan fingerprint density at radius 3 is 2.63 bits per heavy atom. The molecule has 0 aliphatic carbocycles. The van der Waals surface area contributed by atoms with Gasteiger partial charge in [0, 0.05) is 50.7 Å². The predicted molar refractivity (Wildman–Crippen MR) is 115 cm³/mol. The van der Waals surface area contributed by atoms with Gasteiger partial charge in [0.25, 0.3) is 0 Å². The average Bonchev–Trinajstić information content (AvgIpc) is 3.36. The molecular weight excluding hydrogens is 380 g/mol. The van der Waals surface area contributed by atoms with E-state index in [1.807, 2.05) is 68.0 Å². The number of aromatic nitrogens is 2. The summed E-state index contributed by atoms with van der Waals surface area (Å²) in [6.45, 7) is 2.13. The van der Waals surface area contributed by atoms with E-state index in [0.717, 1.165) is 22.3 Å². The topological polar surface area (TPSA) is 91.3 Å². The second kappa shape index (κ2) is 8.69. The van der Waals surface area contributed by atoms with E-state index in [4.69, 9.17) is 0 Å². The Hall–Kier alpha value is -3.81. The third-order valence-corrected chi connectivity index (χ3v) is 5.04. The first-order valence-electron chi connectivity index (χ1n) is 9.82. The molecule has 154 valence electrons. The Kier molecular flexibility index (Phi) is 5.65. The molecule has 1 fully saturated rings. The number of rotatable bonds is 6. The molecule has 1 aromatic heterocycles. The van der Waals surface area contributed by atoms with Crippen molar-refractivity contribution in [1.82, 2.24) is 25.3 Å². The maximum absolute atomic E-state index is 12.6. The maximum Gasteiger partial charge on any atom is 0.319 e. The Labute approximate surface area is 174 Å². The number of para-hydroxylation sites is 1. The highest BCUT2D eigenvalue weighted by molar-refractivity contribution is 5.90. The quantitative estimate of drug-likeness (QED) is 0.590. The Balaban J connectivity index is 1.41. The number of anilines is 1. The molecule has 0 spiro atoms. The van der Waals surface area contributed by atoms with Crippen molar-refractivity contribution in [2.45, 2.75) is 13.1 Å². The highest BCUT2D eigenvalue weighted by Crippen LogP contribution is 2.23. The molecule has 0 atom stereocenters. The molecule has 4 rings (SSSR count). The summed E-state index contributed by atoms with van der Waals surface area (Å²) >= 11 is 0. The van der Waals surface area contributed by atoms with Gasteiger partial charge in [-0.2, -0.15) is 5.10 Å². The number of amides is 4. The van der Waals surface area contributed by atoms with Crippen molar-refractivity contribution in [1.29, 1.82) is 0 Å². The smallest absolute Gasteiger partial charge is 0.319 e. The van der Waals surface area contributed by atoms with Crippen molar-refractivity contribution in [2.75, 3.05) is 18.4 Å². The Morgan fingerprint density at radius 2 is 1.90 bits per heavy atom. The molecule has 30 heavy (non-hydrogen) atoms. The SMILES string of the molecule is Cn1cc(-c2ccccc2CNC(=O)Nc2ccccc2CN2CCNC2=O)cn1. The first-order chi connectivity index (χ1) is 14.6. The molecule has 1 aliphatic rings. The molecule has 0 bridgehead atoms. The molecule has 8 heteroatoms. The maximum atomic E-state index is 12.6. The van der Waals surface area contributed by atoms with E-state index in [0.29, 0.717) is 31.9 Å². The number of aryl methyl sites for hydroxylation is 1. The minimum absolute atomic E-state index is 0.0822. The molecule has 2 aromatic carbocycles. The summed E-state index contributed by atoms with van der Waals surface area (Å²) in [7, 11) is 1.88. The fourth-order valence-corrected chi connectivity index (χ4v) is 3.51. The van der Waals surface area contributed by atoms with E-state index in [9.17, 15) is 9.59 Å². The second-order valence-electron chi connectivity index (χ2n) is 7.18. The first-order valence-corrected chi connectivity index (χ1v) is 9.82. The zero-order chi connectivity index (χ0) is 20.9. The molecule has 0 unspecified atom stereocenters. The number of hydrogen-bond donors (Lipinski definition) is 3. The number of benzene rings is 2. The van der Waals surface area contributed by atoms with Crippen molar-refractivity contribution in [3.63, 3.8) is 0 Å². The summed E-state index contributed by atoms with van der Waals surface area (Å²) in [4.78, 5) is 26.1. The van der Waals surface area contributed by atoms with Gasteiger partial charge in [-0.15, -0.1) is 0 Å². The first kappa shape index (κ1) is 19.5. The highest BCUT2D eigenvalue weighted by Gasteiger charge is 2.20. The third-order valence-electron chi connectivity index (χ3n) is 5.04. The number of carbonyl (C=O) groups excluding carboxylic acids is 2. The number of carbonyl (C=O) groups is 2. The minimum atomic E-state index is -0.297. The van der Waals surface area contributed by atoms with Crippen molar-refractivity contribution < 1.29 is 9.59 Å². The normalized spacial score (nSPS) is 13.2. The predicted octanol–water partition coefficient (Wildman–Crippen LogP) is 2.93. The largest absolute Gasteiger partial charge is 0.336 e. The van der Waals surface area contributed by atoms with Crippen LogP contribution in [0.2, 0.25) is 0 Å². The summed E-state index contributed by atoms with van der Waals surface area (Å²) in [6, 6.07) is 15.1. The third kappa shape index (κ3) is 4.43. The molecule has 3 aromatic rings. The van der Waals surface area contributed by atoms with Gasteiger partial charge in [0.1, 0.15) is 0 Å². The van der Waals surface area contributed by atoms with Crippen molar-refractivity contribution >= 4 is 17.7 Å². The molecule has 8 nitrogen and oxygen atoms in total. The van der Waals surface area contributed by atoms with E-state index in [-0.39, 0.29) is 12.1 Å². The molecule has 2 heterocycles. The fourth-order valence-electron chi connectivity index (χ4n) is 3.51. The minimum Gasteiger partial charge on any atom is -0.336 e. The molecular formula is C22H24N6O2. The van der Waals surface area contributed by atoms with Crippen LogP contribution >= 0.6 is 0 Å². The van der Waals surface area contributed by atoms with Crippen molar-refractivity contribution in [3.8, 4) is 11.1 Å². The van der Waals surface area contributed by atoms with Gasteiger partial charge in [0.15, 0.2) is 0 Å². The van der Waals surface area contributed by atoms with Gasteiger partial charge >= 0.3 is 12.1 Å². The lowest BCUT2D eigenvalue weighted by atomic mass is 10.0. The van der Waals surface area contributed by atoms with E-state index < -0.39 is 0 Å². The fraction of sp³-hybridized carbons (Fsp3) is 0.227. The monoisotopic (exact) mass is 404 g/mol. The summed E-state index contributed by atoms with van der Waals surface area (Å²) in [5, 5.41) is 12.8. The zero-order valence-electron chi connectivity index (χ0n) is 16.8. The standard InChI is InChI=1S/C22H24N6O2/c1-27-14-18(13-25-27)19-8-4-2-6-16(19)12-24-21(29)26-20-9-5-3-7-17(20)15-28-11-10-23-22(28)30/h2-9,13-14H,10-12,15H2,1H3,(H,23,30)(H2,24,26,29). The van der Waals surface area contributed by atoms with Crippen LogP contribution in [0.25, 0.3) is 11.1 Å². The van der Waals surface area contributed by atoms with Crippen LogP contribution in [0.5, 0.6) is 0 Å². The highest BCUT2D eigenvalue weighted by atomic mass is 16.2. The van der Waals surface area contributed by atoms with Crippen LogP contribution in [0.3, 0.4) is 0 Å². The summed E-state index contributed by atoms with van der Waals surface area (Å²) < 4.78 is 1.75. The molecule has 0 saturated carbocycles. The van der Waals surface area contributed by atoms with Gasteiger partial charge in [-0.1, -0.05) is 42.5 Å². The number of hydrogen-bond acceptors (Lipinski definition) is 3. The van der Waals surface area contributed by atoms with Crippen LogP contribution in [0.15, 0.2) is 60.9 Å². The van der Waals surface area contributed by atoms with Gasteiger partial charge in [-0.3, -0.25) is 4.68 Å². The van der Waals surface area contributed by atoms with Crippen LogP contribution in [0.4, 0.5) is 15.3 Å². The molecule has 4 amide bonds. The van der Waals surface area contributed by atoms with Gasteiger partial charge in [0.2, 0.25) is 0 Å². The average molecular weight is 404 g/mol. The molecule has 3 N–H and O–H groups in total. The Bertz CT molecular complexity index is 1060. The van der Waals surface area contributed by atoms with Crippen LogP contribution in [0.1, 0.15) is 11.1 Å². The summed E-state index contributed by atoms with van der Waals surface area (Å²) in [6.07, 6.45) is 3.76. The molecule has 1 saturated heterocycles. The van der Waals surface area contributed by atoms with E-state index in [2.05, 4.69) is 21.0 Å². The van der Waals surface area contributed by atoms with Crippen molar-refractivity contribution in [2.24, 2.45) is 7.05 Å². The van der Waals surface area contributed by atoms with Crippen LogP contribution in [0, 0.1) is 0 Å². The lowest BCUT2D eigenvalue weighted by molar-refractivity contribution is 0.215. The second-order valence-corrected chi connectivity index (χ2v) is 7.18. The zero-order valence-corrected chi connectivity index (χ0v) is 16.8. The van der Waals surface area contributed by atoms with Crippen molar-refractivity contribution in [3.05, 3.63) is 72.1 Å². The summed E-state index contributed by atoms with van der Waals surface area (Å²) in [5.41, 5.74) is 4.62. The van der Waals surface area contributed by atoms with E-state index in [1.165, 1.54) is 0 Å². The van der Waals surface area contributed by atoms with E-state index >= 15 is 0 Å².